The van der Waals surface area contributed by atoms with Crippen molar-refractivity contribution in [3.8, 4) is 0 Å². The molecular weight excluding hydrogens is 156 g/mol. The first kappa shape index (κ1) is 8.05. The second-order valence-corrected chi connectivity index (χ2v) is 4.18. The maximum Gasteiger partial charge on any atom is 0.309 e. The molecule has 68 valence electrons. The third-order valence-corrected chi connectivity index (χ3v) is 3.50. The molecule has 0 saturated heterocycles. The second-order valence-electron chi connectivity index (χ2n) is 4.18. The Morgan fingerprint density at radius 1 is 1.42 bits per heavy atom. The van der Waals surface area contributed by atoms with E-state index in [0.29, 0.717) is 0 Å². The zero-order valence-electron chi connectivity index (χ0n) is 7.30. The summed E-state index contributed by atoms with van der Waals surface area (Å²) in [6.07, 6.45) is 4.34. The van der Waals surface area contributed by atoms with Crippen LogP contribution in [0.3, 0.4) is 0 Å². The van der Waals surface area contributed by atoms with Crippen LogP contribution in [-0.2, 0) is 9.53 Å². The Hall–Kier alpha value is -0.570. The summed E-state index contributed by atoms with van der Waals surface area (Å²) in [7, 11) is 1.69. The molecule has 3 heteroatoms. The number of carboxylic acids is 1. The van der Waals surface area contributed by atoms with Crippen LogP contribution in [0.1, 0.15) is 32.1 Å². The van der Waals surface area contributed by atoms with Crippen LogP contribution in [0.2, 0.25) is 0 Å². The van der Waals surface area contributed by atoms with Gasteiger partial charge in [-0.05, 0) is 32.1 Å². The van der Waals surface area contributed by atoms with E-state index in [1.54, 1.807) is 7.11 Å². The molecule has 1 N–H and O–H groups in total. The first-order valence-electron chi connectivity index (χ1n) is 4.41. The molecule has 0 atom stereocenters. The van der Waals surface area contributed by atoms with Gasteiger partial charge in [0, 0.05) is 7.11 Å². The molecule has 0 amide bonds. The van der Waals surface area contributed by atoms with Gasteiger partial charge >= 0.3 is 5.97 Å². The van der Waals surface area contributed by atoms with Crippen LogP contribution in [0.15, 0.2) is 0 Å². The molecule has 3 saturated carbocycles. The Kier molecular flexibility index (Phi) is 1.49. The third kappa shape index (κ3) is 0.829. The lowest BCUT2D eigenvalue weighted by atomic mass is 9.51. The SMILES string of the molecule is COC12CCCC(C(=O)O)(C1)C2. The lowest BCUT2D eigenvalue weighted by molar-refractivity contribution is -0.206. The van der Waals surface area contributed by atoms with Gasteiger partial charge < -0.3 is 9.84 Å². The number of methoxy groups -OCH3 is 1. The largest absolute Gasteiger partial charge is 0.481 e. The summed E-state index contributed by atoms with van der Waals surface area (Å²) >= 11 is 0. The highest BCUT2D eigenvalue weighted by atomic mass is 16.5. The van der Waals surface area contributed by atoms with Gasteiger partial charge in [-0.15, -0.1) is 0 Å². The minimum Gasteiger partial charge on any atom is -0.481 e. The van der Waals surface area contributed by atoms with Crippen molar-refractivity contribution in [3.05, 3.63) is 0 Å². The van der Waals surface area contributed by atoms with Crippen molar-refractivity contribution in [3.63, 3.8) is 0 Å². The minimum absolute atomic E-state index is 0.0728. The average Bonchev–Trinajstić information content (AvgIpc) is 2.03. The fourth-order valence-corrected chi connectivity index (χ4v) is 2.79. The Balaban J connectivity index is 2.13. The Labute approximate surface area is 71.7 Å². The predicted octanol–water partition coefficient (Wildman–Crippen LogP) is 1.42. The van der Waals surface area contributed by atoms with Gasteiger partial charge in [0.1, 0.15) is 0 Å². The highest BCUT2D eigenvalue weighted by Gasteiger charge is 2.61. The van der Waals surface area contributed by atoms with E-state index in [1.165, 1.54) is 0 Å². The molecule has 3 aliphatic rings. The molecule has 0 unspecified atom stereocenters. The van der Waals surface area contributed by atoms with Crippen LogP contribution in [-0.4, -0.2) is 23.8 Å². The molecule has 3 nitrogen and oxygen atoms in total. The molecule has 0 radical (unpaired) electrons. The number of rotatable bonds is 2. The van der Waals surface area contributed by atoms with Crippen LogP contribution < -0.4 is 0 Å². The van der Waals surface area contributed by atoms with Gasteiger partial charge in [0.2, 0.25) is 0 Å². The highest BCUT2D eigenvalue weighted by Crippen LogP contribution is 2.59. The fraction of sp³-hybridized carbons (Fsp3) is 0.889. The molecular formula is C9H14O3. The lowest BCUT2D eigenvalue weighted by Crippen LogP contribution is -2.59. The van der Waals surface area contributed by atoms with E-state index in [9.17, 15) is 4.79 Å². The Morgan fingerprint density at radius 2 is 2.08 bits per heavy atom. The zero-order chi connectivity index (χ0) is 8.82. The number of ether oxygens (including phenoxy) is 1. The smallest absolute Gasteiger partial charge is 0.309 e. The number of carboxylic acid groups (broad SMARTS) is 1. The van der Waals surface area contributed by atoms with Crippen molar-refractivity contribution in [1.29, 1.82) is 0 Å². The number of carbonyl (C=O) groups is 1. The van der Waals surface area contributed by atoms with Crippen LogP contribution in [0, 0.1) is 5.41 Å². The van der Waals surface area contributed by atoms with E-state index in [0.717, 1.165) is 32.1 Å². The summed E-state index contributed by atoms with van der Waals surface area (Å²) in [6.45, 7) is 0. The van der Waals surface area contributed by atoms with Crippen molar-refractivity contribution >= 4 is 5.97 Å². The van der Waals surface area contributed by atoms with Gasteiger partial charge in [-0.2, -0.15) is 0 Å². The summed E-state index contributed by atoms with van der Waals surface area (Å²) in [6, 6.07) is 0. The van der Waals surface area contributed by atoms with E-state index < -0.39 is 11.4 Å². The molecule has 12 heavy (non-hydrogen) atoms. The molecule has 0 heterocycles. The first-order valence-corrected chi connectivity index (χ1v) is 4.41. The topological polar surface area (TPSA) is 46.5 Å². The van der Waals surface area contributed by atoms with Crippen LogP contribution in [0.4, 0.5) is 0 Å². The van der Waals surface area contributed by atoms with Gasteiger partial charge in [0.25, 0.3) is 0 Å². The highest BCUT2D eigenvalue weighted by molar-refractivity contribution is 5.76. The third-order valence-electron chi connectivity index (χ3n) is 3.50. The van der Waals surface area contributed by atoms with Crippen molar-refractivity contribution in [1.82, 2.24) is 0 Å². The maximum absolute atomic E-state index is 10.9. The summed E-state index contributed by atoms with van der Waals surface area (Å²) in [5.74, 6) is -0.630. The Morgan fingerprint density at radius 3 is 2.58 bits per heavy atom. The number of hydrogen-bond donors (Lipinski definition) is 1. The van der Waals surface area contributed by atoms with Gasteiger partial charge in [-0.3, -0.25) is 4.79 Å². The van der Waals surface area contributed by atoms with E-state index in [2.05, 4.69) is 0 Å². The molecule has 0 aliphatic heterocycles. The summed E-state index contributed by atoms with van der Waals surface area (Å²) < 4.78 is 5.36. The molecule has 0 aromatic heterocycles. The molecule has 3 aliphatic carbocycles. The van der Waals surface area contributed by atoms with Crippen LogP contribution in [0.5, 0.6) is 0 Å². The van der Waals surface area contributed by atoms with Crippen LogP contribution in [0.25, 0.3) is 0 Å². The van der Waals surface area contributed by atoms with Gasteiger partial charge in [-0.25, -0.2) is 0 Å². The molecule has 0 aromatic rings. The zero-order valence-corrected chi connectivity index (χ0v) is 7.30. The van der Waals surface area contributed by atoms with Crippen molar-refractivity contribution < 1.29 is 14.6 Å². The van der Waals surface area contributed by atoms with Crippen LogP contribution >= 0.6 is 0 Å². The predicted molar refractivity (Wildman–Crippen MR) is 42.9 cm³/mol. The lowest BCUT2D eigenvalue weighted by Gasteiger charge is -2.57. The standard InChI is InChI=1S/C9H14O3/c1-12-9-4-2-3-8(5-9,6-9)7(10)11/h2-6H2,1H3,(H,10,11). The Bertz CT molecular complexity index is 216. The number of fused-ring (bicyclic) bond motifs is 2. The second kappa shape index (κ2) is 2.22. The number of hydrogen-bond acceptors (Lipinski definition) is 2. The monoisotopic (exact) mass is 170 g/mol. The van der Waals surface area contributed by atoms with E-state index in [-0.39, 0.29) is 5.60 Å². The van der Waals surface area contributed by atoms with Crippen molar-refractivity contribution in [2.45, 2.75) is 37.7 Å². The first-order chi connectivity index (χ1) is 5.63. The summed E-state index contributed by atoms with van der Waals surface area (Å²) in [5, 5.41) is 8.99. The van der Waals surface area contributed by atoms with E-state index >= 15 is 0 Å². The normalized spacial score (nSPS) is 45.1. The minimum atomic E-state index is -0.630. The summed E-state index contributed by atoms with van der Waals surface area (Å²) in [5.41, 5.74) is -0.495. The molecule has 3 rings (SSSR count). The van der Waals surface area contributed by atoms with Crippen molar-refractivity contribution in [2.75, 3.05) is 7.11 Å². The average molecular weight is 170 g/mol. The molecule has 3 fully saturated rings. The van der Waals surface area contributed by atoms with E-state index in [4.69, 9.17) is 9.84 Å². The maximum atomic E-state index is 10.9. The van der Waals surface area contributed by atoms with Gasteiger partial charge in [-0.1, -0.05) is 0 Å². The molecule has 0 aromatic carbocycles. The van der Waals surface area contributed by atoms with Crippen molar-refractivity contribution in [2.24, 2.45) is 5.41 Å². The fourth-order valence-electron chi connectivity index (χ4n) is 2.79. The number of aliphatic carboxylic acids is 1. The molecule has 0 spiro atoms. The van der Waals surface area contributed by atoms with E-state index in [1.807, 2.05) is 0 Å². The summed E-state index contributed by atoms with van der Waals surface area (Å²) in [4.78, 5) is 10.9. The van der Waals surface area contributed by atoms with Gasteiger partial charge in [0.15, 0.2) is 0 Å². The quantitative estimate of drug-likeness (QED) is 0.681. The van der Waals surface area contributed by atoms with Gasteiger partial charge in [0.05, 0.1) is 11.0 Å². The molecule has 2 bridgehead atoms.